The average molecular weight is 330 g/mol. The minimum absolute atomic E-state index is 0.298. The number of carbonyl (C=O) groups is 1. The maximum atomic E-state index is 12.8. The highest BCUT2D eigenvalue weighted by atomic mass is 16.3. The summed E-state index contributed by atoms with van der Waals surface area (Å²) in [5, 5.41) is 14.6. The zero-order valence-corrected chi connectivity index (χ0v) is 13.6. The molecule has 0 spiro atoms. The van der Waals surface area contributed by atoms with Crippen LogP contribution in [0.3, 0.4) is 0 Å². The van der Waals surface area contributed by atoms with Crippen molar-refractivity contribution in [3.8, 4) is 0 Å². The van der Waals surface area contributed by atoms with Crippen molar-refractivity contribution < 1.29 is 9.90 Å². The highest BCUT2D eigenvalue weighted by Gasteiger charge is 2.46. The van der Waals surface area contributed by atoms with Gasteiger partial charge in [-0.2, -0.15) is 0 Å². The minimum atomic E-state index is -1.53. The van der Waals surface area contributed by atoms with Gasteiger partial charge in [-0.1, -0.05) is 78.9 Å². The van der Waals surface area contributed by atoms with Crippen molar-refractivity contribution in [2.45, 2.75) is 12.3 Å². The van der Waals surface area contributed by atoms with E-state index in [0.717, 1.165) is 5.56 Å². The second-order valence-electron chi connectivity index (χ2n) is 6.09. The lowest BCUT2D eigenvalue weighted by molar-refractivity contribution is -0.0565. The summed E-state index contributed by atoms with van der Waals surface area (Å²) in [5.41, 5.74) is 1.37. The van der Waals surface area contributed by atoms with Crippen LogP contribution in [-0.4, -0.2) is 16.0 Å². The molecular formula is C21H18N2O2. The zero-order chi connectivity index (χ0) is 17.3. The van der Waals surface area contributed by atoms with Gasteiger partial charge in [0.05, 0.1) is 12.2 Å². The summed E-state index contributed by atoms with van der Waals surface area (Å²) in [6, 6.07) is 26.0. The van der Waals surface area contributed by atoms with Crippen molar-refractivity contribution in [1.82, 2.24) is 4.90 Å². The van der Waals surface area contributed by atoms with Crippen LogP contribution in [0.25, 0.3) is 0 Å². The highest BCUT2D eigenvalue weighted by Crippen LogP contribution is 2.41. The number of fused-ring (bicyclic) bond motifs is 1. The number of nitrogens with zero attached hydrogens (tertiary/aromatic N) is 1. The molecule has 2 N–H and O–H groups in total. The van der Waals surface area contributed by atoms with E-state index in [-0.39, 0.29) is 6.03 Å². The lowest BCUT2D eigenvalue weighted by Gasteiger charge is -2.44. The van der Waals surface area contributed by atoms with Crippen LogP contribution in [-0.2, 0) is 12.3 Å². The van der Waals surface area contributed by atoms with Crippen LogP contribution in [0.4, 0.5) is 10.5 Å². The Labute approximate surface area is 146 Å². The fourth-order valence-electron chi connectivity index (χ4n) is 3.31. The Hall–Kier alpha value is -3.11. The molecule has 1 heterocycles. The Balaban J connectivity index is 1.88. The van der Waals surface area contributed by atoms with E-state index in [1.807, 2.05) is 78.9 Å². The molecule has 4 rings (SSSR count). The van der Waals surface area contributed by atoms with E-state index in [9.17, 15) is 9.90 Å². The van der Waals surface area contributed by atoms with Gasteiger partial charge >= 0.3 is 6.03 Å². The third kappa shape index (κ3) is 2.57. The zero-order valence-electron chi connectivity index (χ0n) is 13.6. The van der Waals surface area contributed by atoms with Gasteiger partial charge in [0.15, 0.2) is 5.72 Å². The van der Waals surface area contributed by atoms with Crippen LogP contribution in [0.1, 0.15) is 16.7 Å². The van der Waals surface area contributed by atoms with Gasteiger partial charge < -0.3 is 10.4 Å². The van der Waals surface area contributed by atoms with E-state index < -0.39 is 5.72 Å². The Morgan fingerprint density at radius 2 is 1.44 bits per heavy atom. The number of benzene rings is 3. The molecule has 0 aliphatic carbocycles. The number of urea groups is 1. The molecule has 0 radical (unpaired) electrons. The minimum Gasteiger partial charge on any atom is -0.363 e. The van der Waals surface area contributed by atoms with Crippen molar-refractivity contribution in [3.63, 3.8) is 0 Å². The van der Waals surface area contributed by atoms with Crippen LogP contribution in [0, 0.1) is 0 Å². The summed E-state index contributed by atoms with van der Waals surface area (Å²) in [5.74, 6) is 0. The summed E-state index contributed by atoms with van der Waals surface area (Å²) < 4.78 is 0. The van der Waals surface area contributed by atoms with Gasteiger partial charge in [-0.3, -0.25) is 4.90 Å². The second-order valence-corrected chi connectivity index (χ2v) is 6.09. The van der Waals surface area contributed by atoms with E-state index in [4.69, 9.17) is 0 Å². The lowest BCUT2D eigenvalue weighted by atomic mass is 9.89. The van der Waals surface area contributed by atoms with Crippen LogP contribution >= 0.6 is 0 Å². The highest BCUT2D eigenvalue weighted by molar-refractivity contribution is 5.94. The number of anilines is 1. The smallest absolute Gasteiger partial charge is 0.324 e. The van der Waals surface area contributed by atoms with Crippen molar-refractivity contribution >= 4 is 11.7 Å². The first kappa shape index (κ1) is 15.4. The van der Waals surface area contributed by atoms with Crippen molar-refractivity contribution in [1.29, 1.82) is 0 Å². The Morgan fingerprint density at radius 1 is 0.840 bits per heavy atom. The van der Waals surface area contributed by atoms with Crippen LogP contribution in [0.5, 0.6) is 0 Å². The molecular weight excluding hydrogens is 312 g/mol. The molecule has 124 valence electrons. The number of carbonyl (C=O) groups excluding carboxylic acids is 1. The number of rotatable bonds is 3. The molecule has 0 unspecified atom stereocenters. The first-order valence-corrected chi connectivity index (χ1v) is 8.19. The van der Waals surface area contributed by atoms with Crippen LogP contribution in [0.2, 0.25) is 0 Å². The second kappa shape index (κ2) is 6.07. The average Bonchev–Trinajstić information content (AvgIpc) is 2.67. The fraction of sp³-hybridized carbons (Fsp3) is 0.0952. The molecule has 1 atom stereocenters. The number of amides is 2. The molecule has 0 bridgehead atoms. The van der Waals surface area contributed by atoms with Gasteiger partial charge in [-0.25, -0.2) is 4.79 Å². The maximum absolute atomic E-state index is 12.8. The molecule has 3 aromatic carbocycles. The van der Waals surface area contributed by atoms with Gasteiger partial charge in [0.1, 0.15) is 0 Å². The lowest BCUT2D eigenvalue weighted by Crippen LogP contribution is -2.54. The number of hydrogen-bond acceptors (Lipinski definition) is 2. The maximum Gasteiger partial charge on any atom is 0.324 e. The number of hydrogen-bond donors (Lipinski definition) is 2. The molecule has 0 saturated heterocycles. The summed E-state index contributed by atoms with van der Waals surface area (Å²) in [6.07, 6.45) is 0. The fourth-order valence-corrected chi connectivity index (χ4v) is 3.31. The van der Waals surface area contributed by atoms with Crippen molar-refractivity contribution in [2.24, 2.45) is 0 Å². The topological polar surface area (TPSA) is 52.6 Å². The first-order valence-electron chi connectivity index (χ1n) is 8.19. The molecule has 25 heavy (non-hydrogen) atoms. The monoisotopic (exact) mass is 330 g/mol. The Kier molecular flexibility index (Phi) is 3.75. The summed E-state index contributed by atoms with van der Waals surface area (Å²) in [7, 11) is 0. The quantitative estimate of drug-likeness (QED) is 0.764. The Bertz CT molecular complexity index is 896. The van der Waals surface area contributed by atoms with Gasteiger partial charge in [0, 0.05) is 11.1 Å². The molecule has 1 aliphatic rings. The molecule has 0 aromatic heterocycles. The largest absolute Gasteiger partial charge is 0.363 e. The summed E-state index contributed by atoms with van der Waals surface area (Å²) >= 11 is 0. The van der Waals surface area contributed by atoms with Gasteiger partial charge in [0.2, 0.25) is 0 Å². The summed E-state index contributed by atoms with van der Waals surface area (Å²) in [6.45, 7) is 0.298. The molecule has 1 aliphatic heterocycles. The van der Waals surface area contributed by atoms with Crippen molar-refractivity contribution in [2.75, 3.05) is 5.32 Å². The van der Waals surface area contributed by atoms with E-state index in [0.29, 0.717) is 23.4 Å². The van der Waals surface area contributed by atoms with Gasteiger partial charge in [0.25, 0.3) is 0 Å². The van der Waals surface area contributed by atoms with E-state index in [1.165, 1.54) is 4.90 Å². The number of aliphatic hydroxyl groups is 1. The van der Waals surface area contributed by atoms with E-state index in [2.05, 4.69) is 5.32 Å². The molecule has 0 fully saturated rings. The van der Waals surface area contributed by atoms with Crippen LogP contribution < -0.4 is 5.32 Å². The van der Waals surface area contributed by atoms with Gasteiger partial charge in [-0.15, -0.1) is 0 Å². The Morgan fingerprint density at radius 3 is 2.16 bits per heavy atom. The molecule has 4 nitrogen and oxygen atoms in total. The molecule has 3 aromatic rings. The molecule has 2 amide bonds. The molecule has 0 saturated carbocycles. The molecule has 4 heteroatoms. The third-order valence-electron chi connectivity index (χ3n) is 4.54. The predicted octanol–water partition coefficient (Wildman–Crippen LogP) is 3.93. The predicted molar refractivity (Wildman–Crippen MR) is 96.9 cm³/mol. The third-order valence-corrected chi connectivity index (χ3v) is 4.54. The van der Waals surface area contributed by atoms with Gasteiger partial charge in [-0.05, 0) is 11.6 Å². The SMILES string of the molecule is O=C1Nc2ccccc2[C@](O)(c2ccccc2)N1Cc1ccccc1. The standard InChI is InChI=1S/C21H18N2O2/c24-20-22-19-14-8-7-13-18(19)21(25,17-11-5-2-6-12-17)23(20)15-16-9-3-1-4-10-16/h1-14,25H,15H2,(H,22,24)/t21-/m1/s1. The van der Waals surface area contributed by atoms with E-state index >= 15 is 0 Å². The van der Waals surface area contributed by atoms with Crippen LogP contribution in [0.15, 0.2) is 84.9 Å². The van der Waals surface area contributed by atoms with Crippen molar-refractivity contribution in [3.05, 3.63) is 102 Å². The number of nitrogens with one attached hydrogen (secondary N) is 1. The number of para-hydroxylation sites is 1. The normalized spacial score (nSPS) is 19.2. The summed E-state index contributed by atoms with van der Waals surface area (Å²) in [4.78, 5) is 14.3. The first-order chi connectivity index (χ1) is 12.2. The van der Waals surface area contributed by atoms with E-state index in [1.54, 1.807) is 6.07 Å².